The number of aryl methyl sites for hydroxylation is 1. The summed E-state index contributed by atoms with van der Waals surface area (Å²) in [6.07, 6.45) is 9.66. The van der Waals surface area contributed by atoms with Gasteiger partial charge in [0.25, 0.3) is 0 Å². The van der Waals surface area contributed by atoms with E-state index >= 15 is 0 Å². The Morgan fingerprint density at radius 2 is 2.27 bits per heavy atom. The second kappa shape index (κ2) is 6.09. The molecule has 22 heavy (non-hydrogen) atoms. The number of carbonyl (C=O) groups is 1. The van der Waals surface area contributed by atoms with Gasteiger partial charge in [-0.15, -0.1) is 0 Å². The lowest BCUT2D eigenvalue weighted by Crippen LogP contribution is -2.48. The van der Waals surface area contributed by atoms with Gasteiger partial charge >= 0.3 is 0 Å². The molecule has 1 N–H and O–H groups in total. The highest BCUT2D eigenvalue weighted by molar-refractivity contribution is 5.79. The molecule has 0 unspecified atom stereocenters. The van der Waals surface area contributed by atoms with E-state index < -0.39 is 5.54 Å². The molecule has 6 heteroatoms. The minimum absolute atomic E-state index is 0.0285. The summed E-state index contributed by atoms with van der Waals surface area (Å²) >= 11 is 0. The maximum atomic E-state index is 12.4. The number of nitrogens with one attached hydrogen (secondary N) is 1. The Morgan fingerprint density at radius 1 is 1.50 bits per heavy atom. The third-order valence-corrected chi connectivity index (χ3v) is 4.87. The molecule has 2 aliphatic rings. The van der Waals surface area contributed by atoms with E-state index in [-0.39, 0.29) is 11.9 Å². The van der Waals surface area contributed by atoms with Crippen LogP contribution in [0.15, 0.2) is 12.4 Å². The molecular weight excluding hydrogens is 278 g/mol. The smallest absolute Gasteiger partial charge is 0.235 e. The van der Waals surface area contributed by atoms with Gasteiger partial charge in [-0.3, -0.25) is 14.4 Å². The van der Waals surface area contributed by atoms with Crippen molar-refractivity contribution in [3.8, 4) is 6.07 Å². The van der Waals surface area contributed by atoms with Gasteiger partial charge in [0.2, 0.25) is 5.91 Å². The summed E-state index contributed by atoms with van der Waals surface area (Å²) < 4.78 is 1.80. The fraction of sp³-hybridized carbons (Fsp3) is 0.688. The third-order valence-electron chi connectivity index (χ3n) is 4.87. The Hall–Kier alpha value is -1.87. The Labute approximate surface area is 131 Å². The molecule has 1 aromatic rings. The molecule has 1 aliphatic heterocycles. The van der Waals surface area contributed by atoms with Crippen LogP contribution in [0.3, 0.4) is 0 Å². The molecule has 6 nitrogen and oxygen atoms in total. The molecule has 0 spiro atoms. The zero-order valence-electron chi connectivity index (χ0n) is 13.1. The van der Waals surface area contributed by atoms with Gasteiger partial charge in [0.05, 0.1) is 18.8 Å². The van der Waals surface area contributed by atoms with Crippen LogP contribution in [-0.2, 0) is 11.8 Å². The van der Waals surface area contributed by atoms with E-state index in [1.54, 1.807) is 4.68 Å². The van der Waals surface area contributed by atoms with Crippen LogP contribution in [0.1, 0.15) is 50.1 Å². The average Bonchev–Trinajstić information content (AvgIpc) is 3.20. The highest BCUT2D eigenvalue weighted by Crippen LogP contribution is 2.32. The van der Waals surface area contributed by atoms with Crippen LogP contribution in [0.25, 0.3) is 0 Å². The van der Waals surface area contributed by atoms with Crippen LogP contribution in [0.5, 0.6) is 0 Å². The van der Waals surface area contributed by atoms with Crippen LogP contribution in [-0.4, -0.2) is 39.2 Å². The molecule has 1 amide bonds. The predicted molar refractivity (Wildman–Crippen MR) is 81.7 cm³/mol. The third kappa shape index (κ3) is 3.00. The predicted octanol–water partition coefficient (Wildman–Crippen LogP) is 1.51. The Bertz CT molecular complexity index is 582. The van der Waals surface area contributed by atoms with E-state index in [1.807, 2.05) is 19.4 Å². The van der Waals surface area contributed by atoms with Crippen molar-refractivity contribution in [2.75, 3.05) is 13.1 Å². The summed E-state index contributed by atoms with van der Waals surface area (Å²) in [6.45, 7) is 1.29. The molecule has 1 aliphatic carbocycles. The van der Waals surface area contributed by atoms with E-state index in [4.69, 9.17) is 0 Å². The van der Waals surface area contributed by atoms with Crippen molar-refractivity contribution in [2.24, 2.45) is 7.05 Å². The van der Waals surface area contributed by atoms with E-state index in [0.717, 1.165) is 45.1 Å². The Balaban J connectivity index is 1.62. The zero-order chi connectivity index (χ0) is 15.6. The molecule has 0 radical (unpaired) electrons. The first kappa shape index (κ1) is 15.0. The lowest BCUT2D eigenvalue weighted by molar-refractivity contribution is -0.123. The molecule has 1 saturated carbocycles. The summed E-state index contributed by atoms with van der Waals surface area (Å²) in [5, 5.41) is 16.6. The molecule has 0 bridgehead atoms. The molecule has 1 saturated heterocycles. The van der Waals surface area contributed by atoms with E-state index in [2.05, 4.69) is 21.4 Å². The maximum Gasteiger partial charge on any atom is 0.235 e. The van der Waals surface area contributed by atoms with Crippen molar-refractivity contribution in [3.63, 3.8) is 0 Å². The van der Waals surface area contributed by atoms with Gasteiger partial charge in [0.15, 0.2) is 0 Å². The topological polar surface area (TPSA) is 74.0 Å². The molecule has 2 heterocycles. The second-order valence-corrected chi connectivity index (χ2v) is 6.53. The molecule has 3 rings (SSSR count). The fourth-order valence-electron chi connectivity index (χ4n) is 3.74. The summed E-state index contributed by atoms with van der Waals surface area (Å²) in [5.41, 5.74) is 0.546. The lowest BCUT2D eigenvalue weighted by atomic mass is 10.00. The number of rotatable bonds is 4. The quantitative estimate of drug-likeness (QED) is 0.915. The van der Waals surface area contributed by atoms with Crippen LogP contribution in [0, 0.1) is 11.3 Å². The van der Waals surface area contributed by atoms with Crippen molar-refractivity contribution in [2.45, 2.75) is 50.1 Å². The molecule has 1 atom stereocenters. The van der Waals surface area contributed by atoms with Crippen LogP contribution in [0.4, 0.5) is 0 Å². The minimum atomic E-state index is -0.624. The number of hydrogen-bond acceptors (Lipinski definition) is 4. The average molecular weight is 301 g/mol. The number of likely N-dealkylation sites (tertiary alicyclic amines) is 1. The monoisotopic (exact) mass is 301 g/mol. The molecule has 118 valence electrons. The standard InChI is InChI=1S/C16H23N5O/c1-20-10-13(9-18-20)14-5-4-8-21(14)11-15(22)19-16(12-17)6-2-3-7-16/h9-10,14H,2-8,11H2,1H3,(H,19,22)/t14-/m0/s1. The molecular formula is C16H23N5O. The van der Waals surface area contributed by atoms with Crippen molar-refractivity contribution in [1.82, 2.24) is 20.0 Å². The molecule has 2 fully saturated rings. The van der Waals surface area contributed by atoms with Gasteiger partial charge in [-0.1, -0.05) is 0 Å². The normalized spacial score (nSPS) is 24.3. The number of hydrogen-bond donors (Lipinski definition) is 1. The van der Waals surface area contributed by atoms with Gasteiger partial charge < -0.3 is 5.32 Å². The number of nitriles is 1. The van der Waals surface area contributed by atoms with Gasteiger partial charge in [0.1, 0.15) is 5.54 Å². The summed E-state index contributed by atoms with van der Waals surface area (Å²) in [5.74, 6) is -0.0285. The second-order valence-electron chi connectivity index (χ2n) is 6.53. The van der Waals surface area contributed by atoms with Crippen LogP contribution in [0.2, 0.25) is 0 Å². The number of aromatic nitrogens is 2. The first-order valence-electron chi connectivity index (χ1n) is 8.07. The Kier molecular flexibility index (Phi) is 4.16. The summed E-state index contributed by atoms with van der Waals surface area (Å²) in [7, 11) is 1.91. The SMILES string of the molecule is Cn1cc([C@@H]2CCCN2CC(=O)NC2(C#N)CCCC2)cn1. The zero-order valence-corrected chi connectivity index (χ0v) is 13.1. The van der Waals surface area contributed by atoms with E-state index in [0.29, 0.717) is 6.54 Å². The molecule has 0 aromatic carbocycles. The van der Waals surface area contributed by atoms with Crippen molar-refractivity contribution < 1.29 is 4.79 Å². The highest BCUT2D eigenvalue weighted by atomic mass is 16.2. The van der Waals surface area contributed by atoms with Crippen LogP contribution >= 0.6 is 0 Å². The summed E-state index contributed by atoms with van der Waals surface area (Å²) in [4.78, 5) is 14.6. The molecule has 1 aromatic heterocycles. The van der Waals surface area contributed by atoms with E-state index in [1.165, 1.54) is 5.56 Å². The van der Waals surface area contributed by atoms with Gasteiger partial charge in [-0.2, -0.15) is 10.4 Å². The van der Waals surface area contributed by atoms with Crippen molar-refractivity contribution in [3.05, 3.63) is 18.0 Å². The first-order valence-corrected chi connectivity index (χ1v) is 8.07. The fourth-order valence-corrected chi connectivity index (χ4v) is 3.74. The first-order chi connectivity index (χ1) is 10.6. The van der Waals surface area contributed by atoms with Crippen LogP contribution < -0.4 is 5.32 Å². The van der Waals surface area contributed by atoms with Gasteiger partial charge in [-0.05, 0) is 45.1 Å². The highest BCUT2D eigenvalue weighted by Gasteiger charge is 2.36. The number of amides is 1. The lowest BCUT2D eigenvalue weighted by Gasteiger charge is -2.26. The van der Waals surface area contributed by atoms with Crippen molar-refractivity contribution >= 4 is 5.91 Å². The number of nitrogens with zero attached hydrogens (tertiary/aromatic N) is 4. The Morgan fingerprint density at radius 3 is 2.91 bits per heavy atom. The minimum Gasteiger partial charge on any atom is -0.337 e. The van der Waals surface area contributed by atoms with E-state index in [9.17, 15) is 10.1 Å². The van der Waals surface area contributed by atoms with Gasteiger partial charge in [0, 0.05) is 24.8 Å². The summed E-state index contributed by atoms with van der Waals surface area (Å²) in [6, 6.07) is 2.58. The van der Waals surface area contributed by atoms with Gasteiger partial charge in [-0.25, -0.2) is 0 Å². The largest absolute Gasteiger partial charge is 0.337 e. The number of carbonyl (C=O) groups excluding carboxylic acids is 1. The van der Waals surface area contributed by atoms with Crippen molar-refractivity contribution in [1.29, 1.82) is 5.26 Å². The maximum absolute atomic E-state index is 12.4.